The number of hydrogen-bond donors (Lipinski definition) is 2. The van der Waals surface area contributed by atoms with Crippen LogP contribution in [0, 0.1) is 11.8 Å². The number of benzene rings is 2. The van der Waals surface area contributed by atoms with Crippen molar-refractivity contribution in [3.8, 4) is 11.8 Å². The maximum Gasteiger partial charge on any atom is 0.412 e. The van der Waals surface area contributed by atoms with Crippen LogP contribution in [0.5, 0.6) is 0 Å². The highest BCUT2D eigenvalue weighted by Crippen LogP contribution is 2.16. The molecule has 2 aromatic carbocycles. The van der Waals surface area contributed by atoms with Gasteiger partial charge < -0.3 is 10.1 Å². The number of rotatable bonds is 2. The molecule has 0 aromatic heterocycles. The first kappa shape index (κ1) is 18.1. The Morgan fingerprint density at radius 1 is 0.920 bits per heavy atom. The van der Waals surface area contributed by atoms with E-state index in [0.29, 0.717) is 16.9 Å². The van der Waals surface area contributed by atoms with Gasteiger partial charge in [0.25, 0.3) is 0 Å². The number of carbonyl (C=O) groups excluding carboxylic acids is 2. The number of hydrogen-bond acceptors (Lipinski definition) is 3. The molecule has 0 aliphatic rings. The first-order chi connectivity index (χ1) is 11.8. The molecule has 2 rings (SSSR count). The molecule has 0 unspecified atom stereocenters. The summed E-state index contributed by atoms with van der Waals surface area (Å²) in [5.41, 5.74) is 1.08. The van der Waals surface area contributed by atoms with Crippen molar-refractivity contribution >= 4 is 23.4 Å². The van der Waals surface area contributed by atoms with E-state index in [2.05, 4.69) is 22.5 Å². The molecule has 5 heteroatoms. The zero-order valence-electron chi connectivity index (χ0n) is 14.4. The van der Waals surface area contributed by atoms with Crippen LogP contribution in [0.4, 0.5) is 16.2 Å². The van der Waals surface area contributed by atoms with Crippen molar-refractivity contribution in [3.05, 3.63) is 60.2 Å². The summed E-state index contributed by atoms with van der Waals surface area (Å²) < 4.78 is 5.22. The number of nitrogens with one attached hydrogen (secondary N) is 2. The molecule has 25 heavy (non-hydrogen) atoms. The average Bonchev–Trinajstić information content (AvgIpc) is 2.53. The number of amides is 2. The van der Waals surface area contributed by atoms with Crippen LogP contribution in [0.15, 0.2) is 54.6 Å². The fraction of sp³-hybridized carbons (Fsp3) is 0.200. The Hall–Kier alpha value is -3.26. The fourth-order valence-electron chi connectivity index (χ4n) is 1.92. The van der Waals surface area contributed by atoms with Gasteiger partial charge in [0.2, 0.25) is 0 Å². The molecular formula is C20H20N2O3. The molecule has 0 atom stereocenters. The van der Waals surface area contributed by atoms with E-state index in [1.807, 2.05) is 18.2 Å². The summed E-state index contributed by atoms with van der Waals surface area (Å²) in [6.07, 6.45) is -0.574. The maximum absolute atomic E-state index is 11.9. The first-order valence-electron chi connectivity index (χ1n) is 7.80. The molecule has 2 amide bonds. The summed E-state index contributed by atoms with van der Waals surface area (Å²) >= 11 is 0. The number of para-hydroxylation sites is 2. The smallest absolute Gasteiger partial charge is 0.412 e. The van der Waals surface area contributed by atoms with E-state index < -0.39 is 17.6 Å². The second-order valence-corrected chi connectivity index (χ2v) is 6.24. The van der Waals surface area contributed by atoms with Gasteiger partial charge in [-0.1, -0.05) is 36.3 Å². The van der Waals surface area contributed by atoms with Crippen LogP contribution in [-0.4, -0.2) is 17.6 Å². The van der Waals surface area contributed by atoms with Crippen LogP contribution in [0.3, 0.4) is 0 Å². The number of anilines is 2. The topological polar surface area (TPSA) is 67.4 Å². The van der Waals surface area contributed by atoms with E-state index in [1.165, 1.54) is 0 Å². The third kappa shape index (κ3) is 6.40. The van der Waals surface area contributed by atoms with Crippen molar-refractivity contribution in [1.29, 1.82) is 0 Å². The summed E-state index contributed by atoms with van der Waals surface area (Å²) in [5, 5.41) is 5.32. The van der Waals surface area contributed by atoms with Crippen LogP contribution >= 0.6 is 0 Å². The van der Waals surface area contributed by atoms with Gasteiger partial charge in [0, 0.05) is 17.2 Å². The minimum absolute atomic E-state index is 0.432. The van der Waals surface area contributed by atoms with Gasteiger partial charge in [0.05, 0.1) is 5.69 Å². The molecule has 2 aromatic rings. The Bertz CT molecular complexity index is 812. The summed E-state index contributed by atoms with van der Waals surface area (Å²) in [4.78, 5) is 23.8. The van der Waals surface area contributed by atoms with E-state index in [4.69, 9.17) is 4.74 Å². The quantitative estimate of drug-likeness (QED) is 0.814. The third-order valence-electron chi connectivity index (χ3n) is 2.91. The molecule has 0 aliphatic carbocycles. The van der Waals surface area contributed by atoms with Gasteiger partial charge in [-0.25, -0.2) is 4.79 Å². The lowest BCUT2D eigenvalue weighted by atomic mass is 10.2. The van der Waals surface area contributed by atoms with Gasteiger partial charge in [-0.15, -0.1) is 0 Å². The Balaban J connectivity index is 2.08. The van der Waals surface area contributed by atoms with Crippen LogP contribution < -0.4 is 10.6 Å². The van der Waals surface area contributed by atoms with Crippen LogP contribution in [0.2, 0.25) is 0 Å². The van der Waals surface area contributed by atoms with Crippen molar-refractivity contribution in [2.24, 2.45) is 0 Å². The van der Waals surface area contributed by atoms with Crippen molar-refractivity contribution in [2.75, 3.05) is 10.6 Å². The second-order valence-electron chi connectivity index (χ2n) is 6.24. The van der Waals surface area contributed by atoms with E-state index in [-0.39, 0.29) is 0 Å². The highest BCUT2D eigenvalue weighted by molar-refractivity contribution is 6.04. The minimum Gasteiger partial charge on any atom is -0.444 e. The largest absolute Gasteiger partial charge is 0.444 e. The highest BCUT2D eigenvalue weighted by atomic mass is 16.6. The summed E-state index contributed by atoms with van der Waals surface area (Å²) in [6, 6.07) is 16.0. The molecular weight excluding hydrogens is 316 g/mol. The van der Waals surface area contributed by atoms with Gasteiger partial charge >= 0.3 is 12.0 Å². The molecule has 0 bridgehead atoms. The normalized spacial score (nSPS) is 10.2. The molecule has 2 N–H and O–H groups in total. The monoisotopic (exact) mass is 336 g/mol. The Labute approximate surface area is 147 Å². The standard InChI is InChI=1S/C20H20N2O3/c1-20(2,3)25-19(24)22-17-12-8-7-9-15(17)13-14-18(23)21-16-10-5-4-6-11-16/h4-12H,1-3H3,(H,21,23)(H,22,24). The molecule has 0 saturated heterocycles. The maximum atomic E-state index is 11.9. The van der Waals surface area contributed by atoms with Gasteiger partial charge in [0.15, 0.2) is 0 Å². The van der Waals surface area contributed by atoms with Crippen molar-refractivity contribution < 1.29 is 14.3 Å². The van der Waals surface area contributed by atoms with Gasteiger partial charge in [-0.2, -0.15) is 0 Å². The van der Waals surface area contributed by atoms with E-state index in [0.717, 1.165) is 0 Å². The average molecular weight is 336 g/mol. The van der Waals surface area contributed by atoms with Gasteiger partial charge in [0.1, 0.15) is 5.60 Å². The number of ether oxygens (including phenoxy) is 1. The Morgan fingerprint density at radius 3 is 2.24 bits per heavy atom. The highest BCUT2D eigenvalue weighted by Gasteiger charge is 2.16. The molecule has 0 spiro atoms. The lowest BCUT2D eigenvalue weighted by Crippen LogP contribution is -2.27. The number of carbonyl (C=O) groups is 2. The zero-order chi connectivity index (χ0) is 18.3. The third-order valence-corrected chi connectivity index (χ3v) is 2.91. The second kappa shape index (κ2) is 8.02. The molecule has 0 aliphatic heterocycles. The van der Waals surface area contributed by atoms with Gasteiger partial charge in [-0.05, 0) is 45.0 Å². The molecule has 0 radical (unpaired) electrons. The molecule has 0 fully saturated rings. The van der Waals surface area contributed by atoms with Crippen LogP contribution in [0.25, 0.3) is 0 Å². The predicted molar refractivity (Wildman–Crippen MR) is 98.2 cm³/mol. The van der Waals surface area contributed by atoms with Crippen LogP contribution in [0.1, 0.15) is 26.3 Å². The van der Waals surface area contributed by atoms with Crippen molar-refractivity contribution in [2.45, 2.75) is 26.4 Å². The molecule has 128 valence electrons. The molecule has 0 saturated carbocycles. The van der Waals surface area contributed by atoms with Crippen molar-refractivity contribution in [3.63, 3.8) is 0 Å². The fourth-order valence-corrected chi connectivity index (χ4v) is 1.92. The summed E-state index contributed by atoms with van der Waals surface area (Å²) in [6.45, 7) is 5.35. The Morgan fingerprint density at radius 2 is 1.56 bits per heavy atom. The predicted octanol–water partition coefficient (Wildman–Crippen LogP) is 4.02. The molecule has 5 nitrogen and oxygen atoms in total. The summed E-state index contributed by atoms with van der Waals surface area (Å²) in [7, 11) is 0. The van der Waals surface area contributed by atoms with E-state index in [9.17, 15) is 9.59 Å². The van der Waals surface area contributed by atoms with Gasteiger partial charge in [-0.3, -0.25) is 10.1 Å². The van der Waals surface area contributed by atoms with E-state index in [1.54, 1.807) is 57.2 Å². The lowest BCUT2D eigenvalue weighted by molar-refractivity contribution is -0.111. The lowest BCUT2D eigenvalue weighted by Gasteiger charge is -2.20. The minimum atomic E-state index is -0.597. The molecule has 0 heterocycles. The zero-order valence-corrected chi connectivity index (χ0v) is 14.4. The SMILES string of the molecule is CC(C)(C)OC(=O)Nc1ccccc1C#CC(=O)Nc1ccccc1. The van der Waals surface area contributed by atoms with E-state index >= 15 is 0 Å². The van der Waals surface area contributed by atoms with Crippen LogP contribution in [-0.2, 0) is 9.53 Å². The first-order valence-corrected chi connectivity index (χ1v) is 7.80. The Kier molecular flexibility index (Phi) is 5.80. The summed E-state index contributed by atoms with van der Waals surface area (Å²) in [5.74, 6) is 4.85. The van der Waals surface area contributed by atoms with Crippen molar-refractivity contribution in [1.82, 2.24) is 0 Å².